The van der Waals surface area contributed by atoms with E-state index in [1.54, 1.807) is 11.0 Å². The number of rotatable bonds is 6. The average molecular weight is 630 g/mol. The van der Waals surface area contributed by atoms with E-state index in [1.165, 1.54) is 24.4 Å². The number of hydrogen-bond donors (Lipinski definition) is 3. The molecule has 15 heteroatoms. The first-order valence-corrected chi connectivity index (χ1v) is 14.1. The molecular weight excluding hydrogens is 598 g/mol. The number of carboxylic acids is 1. The van der Waals surface area contributed by atoms with Crippen LogP contribution in [0.5, 0.6) is 0 Å². The number of halogens is 4. The summed E-state index contributed by atoms with van der Waals surface area (Å²) >= 11 is 0. The van der Waals surface area contributed by atoms with E-state index in [0.29, 0.717) is 49.6 Å². The van der Waals surface area contributed by atoms with Crippen LogP contribution >= 0.6 is 0 Å². The molecule has 45 heavy (non-hydrogen) atoms. The molecule has 11 nitrogen and oxygen atoms in total. The Labute approximate surface area is 255 Å². The number of hydrogen-bond acceptors (Lipinski definition) is 8. The molecule has 2 aliphatic rings. The number of pyridine rings is 1. The quantitative estimate of drug-likeness (QED) is 0.345. The van der Waals surface area contributed by atoms with Gasteiger partial charge in [0.1, 0.15) is 5.82 Å². The zero-order valence-electron chi connectivity index (χ0n) is 24.7. The molecule has 0 aliphatic carbocycles. The molecule has 5 rings (SSSR count). The second kappa shape index (κ2) is 12.3. The average Bonchev–Trinajstić information content (AvgIpc) is 3.00. The molecule has 0 bridgehead atoms. The van der Waals surface area contributed by atoms with Crippen molar-refractivity contribution in [3.8, 4) is 0 Å². The summed E-state index contributed by atoms with van der Waals surface area (Å²) in [5.41, 5.74) is -2.19. The maximum atomic E-state index is 15.8. The zero-order valence-corrected chi connectivity index (χ0v) is 24.7. The van der Waals surface area contributed by atoms with E-state index in [-0.39, 0.29) is 41.5 Å². The second-order valence-corrected chi connectivity index (χ2v) is 11.2. The summed E-state index contributed by atoms with van der Waals surface area (Å²) in [4.78, 5) is 52.4. The van der Waals surface area contributed by atoms with Crippen molar-refractivity contribution in [3.05, 3.63) is 81.3 Å². The lowest BCUT2D eigenvalue weighted by molar-refractivity contribution is -0.138. The van der Waals surface area contributed by atoms with Crippen LogP contribution in [-0.2, 0) is 6.18 Å². The number of nitrogens with zero attached hydrogens (tertiary/aromatic N) is 5. The summed E-state index contributed by atoms with van der Waals surface area (Å²) in [5.74, 6) is -2.69. The molecule has 0 unspecified atom stereocenters. The monoisotopic (exact) mass is 629 g/mol. The van der Waals surface area contributed by atoms with Crippen LogP contribution in [0.15, 0.2) is 47.5 Å². The van der Waals surface area contributed by atoms with Crippen molar-refractivity contribution in [1.29, 1.82) is 0 Å². The third-order valence-corrected chi connectivity index (χ3v) is 8.21. The van der Waals surface area contributed by atoms with Gasteiger partial charge in [0.2, 0.25) is 11.5 Å². The van der Waals surface area contributed by atoms with Crippen LogP contribution in [0.1, 0.15) is 52.2 Å². The largest absolute Gasteiger partial charge is 0.477 e. The van der Waals surface area contributed by atoms with E-state index < -0.39 is 40.6 Å². The molecule has 2 aromatic heterocycles. The standard InChI is InChI=1S/C30H31F4N7O4/c1-16-14-41(15-17(2)39(16)3)25-12-22(31)19(18-5-8-40(9-6-18)29-35-7-4-23(38-29)28(44)45)10-24(25)37-27(43)20-13-36-26(42)11-21(20)30(32,33)34/h4-5,7,10-13,16-17H,6,8-9,14-15H2,1-3H3,(H,36,42)(H,37,43)(H,44,45)/t16-,17+. The number of carbonyl (C=O) groups excluding carboxylic acids is 1. The number of alkyl halides is 3. The van der Waals surface area contributed by atoms with Gasteiger partial charge in [-0.05, 0) is 51.1 Å². The fourth-order valence-corrected chi connectivity index (χ4v) is 5.57. The van der Waals surface area contributed by atoms with Crippen molar-refractivity contribution < 1.29 is 32.3 Å². The van der Waals surface area contributed by atoms with Crippen molar-refractivity contribution in [1.82, 2.24) is 19.9 Å². The predicted molar refractivity (Wildman–Crippen MR) is 159 cm³/mol. The minimum Gasteiger partial charge on any atom is -0.477 e. The number of aromatic amines is 1. The van der Waals surface area contributed by atoms with Crippen molar-refractivity contribution >= 4 is 34.8 Å². The number of anilines is 3. The fraction of sp³-hybridized carbons (Fsp3) is 0.367. The molecule has 1 amide bonds. The maximum Gasteiger partial charge on any atom is 0.417 e. The Balaban J connectivity index is 1.51. The fourth-order valence-electron chi connectivity index (χ4n) is 5.57. The number of piperazine rings is 1. The molecule has 0 saturated carbocycles. The highest BCUT2D eigenvalue weighted by atomic mass is 19.4. The molecule has 0 spiro atoms. The summed E-state index contributed by atoms with van der Waals surface area (Å²) in [6.07, 6.45) is -0.874. The van der Waals surface area contributed by atoms with E-state index in [4.69, 9.17) is 0 Å². The number of H-pyrrole nitrogens is 1. The van der Waals surface area contributed by atoms with Gasteiger partial charge in [0, 0.05) is 62.3 Å². The van der Waals surface area contributed by atoms with E-state index >= 15 is 4.39 Å². The van der Waals surface area contributed by atoms with Gasteiger partial charge in [0.15, 0.2) is 5.69 Å². The molecule has 2 aliphatic heterocycles. The van der Waals surface area contributed by atoms with Crippen LogP contribution in [-0.4, -0.2) is 82.1 Å². The second-order valence-electron chi connectivity index (χ2n) is 11.2. The Morgan fingerprint density at radius 1 is 1.11 bits per heavy atom. The van der Waals surface area contributed by atoms with E-state index in [0.717, 1.165) is 0 Å². The Hall–Kier alpha value is -4.79. The highest BCUT2D eigenvalue weighted by molar-refractivity contribution is 6.07. The summed E-state index contributed by atoms with van der Waals surface area (Å²) in [6, 6.07) is 4.41. The van der Waals surface area contributed by atoms with Gasteiger partial charge in [0.25, 0.3) is 5.91 Å². The molecule has 3 aromatic rings. The van der Waals surface area contributed by atoms with E-state index in [2.05, 4.69) is 25.2 Å². The number of amides is 1. The van der Waals surface area contributed by atoms with Crippen LogP contribution in [0.3, 0.4) is 0 Å². The lowest BCUT2D eigenvalue weighted by Crippen LogP contribution is -2.55. The van der Waals surface area contributed by atoms with Gasteiger partial charge in [-0.3, -0.25) is 14.5 Å². The van der Waals surface area contributed by atoms with Crippen LogP contribution < -0.4 is 20.7 Å². The first-order valence-electron chi connectivity index (χ1n) is 14.1. The number of carboxylic acid groups (broad SMARTS) is 1. The number of likely N-dealkylation sites (N-methyl/N-ethyl adjacent to an activating group) is 1. The third-order valence-electron chi connectivity index (χ3n) is 8.21. The van der Waals surface area contributed by atoms with Gasteiger partial charge in [-0.15, -0.1) is 0 Å². The normalized spacial score (nSPS) is 19.3. The van der Waals surface area contributed by atoms with Gasteiger partial charge < -0.3 is 25.2 Å². The molecule has 0 radical (unpaired) electrons. The Morgan fingerprint density at radius 2 is 1.82 bits per heavy atom. The smallest absolute Gasteiger partial charge is 0.417 e. The minimum atomic E-state index is -4.97. The van der Waals surface area contributed by atoms with E-state index in [1.807, 2.05) is 25.8 Å². The molecule has 1 saturated heterocycles. The van der Waals surface area contributed by atoms with Gasteiger partial charge >= 0.3 is 12.1 Å². The summed E-state index contributed by atoms with van der Waals surface area (Å²) in [6.45, 7) is 5.51. The number of nitrogens with one attached hydrogen (secondary N) is 2. The predicted octanol–water partition coefficient (Wildman–Crippen LogP) is 4.10. The molecule has 3 N–H and O–H groups in total. The van der Waals surface area contributed by atoms with Gasteiger partial charge in [-0.2, -0.15) is 13.2 Å². The molecule has 1 aromatic carbocycles. The highest BCUT2D eigenvalue weighted by Gasteiger charge is 2.36. The molecular formula is C30H31F4N7O4. The highest BCUT2D eigenvalue weighted by Crippen LogP contribution is 2.37. The number of aromatic carboxylic acids is 1. The number of aromatic nitrogens is 3. The Morgan fingerprint density at radius 3 is 2.44 bits per heavy atom. The molecule has 1 fully saturated rings. The van der Waals surface area contributed by atoms with Crippen LogP contribution in [0.4, 0.5) is 34.9 Å². The summed E-state index contributed by atoms with van der Waals surface area (Å²) in [5, 5.41) is 11.8. The van der Waals surface area contributed by atoms with Crippen molar-refractivity contribution in [2.24, 2.45) is 0 Å². The van der Waals surface area contributed by atoms with Gasteiger partial charge in [-0.1, -0.05) is 6.08 Å². The van der Waals surface area contributed by atoms with Crippen LogP contribution in [0.2, 0.25) is 0 Å². The first kappa shape index (κ1) is 31.6. The van der Waals surface area contributed by atoms with E-state index in [9.17, 15) is 32.7 Å². The van der Waals surface area contributed by atoms with Crippen LogP contribution in [0, 0.1) is 5.82 Å². The van der Waals surface area contributed by atoms with Crippen LogP contribution in [0.25, 0.3) is 5.57 Å². The zero-order chi connectivity index (χ0) is 32.6. The Kier molecular flexibility index (Phi) is 8.65. The minimum absolute atomic E-state index is 0.0601. The topological polar surface area (TPSA) is 135 Å². The lowest BCUT2D eigenvalue weighted by atomic mass is 9.97. The maximum absolute atomic E-state index is 15.8. The number of benzene rings is 1. The molecule has 4 heterocycles. The lowest BCUT2D eigenvalue weighted by Gasteiger charge is -2.44. The van der Waals surface area contributed by atoms with Crippen molar-refractivity contribution in [3.63, 3.8) is 0 Å². The summed E-state index contributed by atoms with van der Waals surface area (Å²) < 4.78 is 57.1. The van der Waals surface area contributed by atoms with Gasteiger partial charge in [0.05, 0.1) is 22.5 Å². The van der Waals surface area contributed by atoms with Crippen molar-refractivity contribution in [2.45, 2.75) is 38.5 Å². The molecule has 238 valence electrons. The SMILES string of the molecule is C[C@@H]1CN(c2cc(F)c(C3=CCN(c4nccc(C(=O)O)n4)CC3)cc2NC(=O)c2c[nH]c(=O)cc2C(F)(F)F)C[C@H](C)N1C. The number of carbonyl (C=O) groups is 2. The summed E-state index contributed by atoms with van der Waals surface area (Å²) in [7, 11) is 1.97. The Bertz CT molecular complexity index is 1710. The third kappa shape index (κ3) is 6.67. The van der Waals surface area contributed by atoms with Crippen molar-refractivity contribution in [2.75, 3.05) is 48.3 Å². The van der Waals surface area contributed by atoms with Gasteiger partial charge in [-0.25, -0.2) is 19.2 Å². The molecule has 2 atom stereocenters. The first-order chi connectivity index (χ1) is 21.2.